The van der Waals surface area contributed by atoms with Crippen LogP contribution in [0.4, 0.5) is 0 Å². The molecule has 1 nitrogen and oxygen atoms in total. The van der Waals surface area contributed by atoms with E-state index in [4.69, 9.17) is 4.74 Å². The van der Waals surface area contributed by atoms with Gasteiger partial charge in [-0.2, -0.15) is 0 Å². The summed E-state index contributed by atoms with van der Waals surface area (Å²) in [6, 6.07) is 22.1. The minimum atomic E-state index is 0.185. The van der Waals surface area contributed by atoms with Crippen LogP contribution in [0.5, 0.6) is 0 Å². The molecule has 2 aromatic rings. The number of unbranched alkanes of at least 4 members (excludes halogenated alkanes) is 28. The number of hydrogen-bond donors (Lipinski definition) is 0. The lowest BCUT2D eigenvalue weighted by Gasteiger charge is -2.26. The summed E-state index contributed by atoms with van der Waals surface area (Å²) < 4.78 is 7.06. The highest BCUT2D eigenvalue weighted by atomic mass is 16.5. The molecule has 2 rings (SSSR count). The average molecular weight is 675 g/mol. The van der Waals surface area contributed by atoms with Crippen molar-refractivity contribution in [3.05, 3.63) is 71.8 Å². The van der Waals surface area contributed by atoms with Gasteiger partial charge >= 0.3 is 0 Å². The fourth-order valence-corrected chi connectivity index (χ4v) is 7.56. The molecule has 2 unspecified atom stereocenters. The summed E-state index contributed by atoms with van der Waals surface area (Å²) in [7, 11) is 0. The standard InChI is InChI=1S/C48H82O/c1-3-5-7-9-11-13-15-17-19-21-23-25-27-29-37-43-47(45-39-33-31-34-40-45)49-48(46-41-35-32-36-42-46)44-38-30-28-26-24-22-20-18-16-14-12-10-8-6-4-2/h31-36,39-42,47-48H,3-30,37-38,43-44H2,1-2H3. The van der Waals surface area contributed by atoms with Gasteiger partial charge in [0, 0.05) is 0 Å². The summed E-state index contributed by atoms with van der Waals surface area (Å²) in [6.45, 7) is 4.61. The van der Waals surface area contributed by atoms with E-state index >= 15 is 0 Å². The van der Waals surface area contributed by atoms with Gasteiger partial charge in [0.1, 0.15) is 0 Å². The molecule has 0 radical (unpaired) electrons. The van der Waals surface area contributed by atoms with Crippen molar-refractivity contribution in [3.8, 4) is 0 Å². The van der Waals surface area contributed by atoms with E-state index in [1.807, 2.05) is 0 Å². The molecule has 1 heteroatoms. The summed E-state index contributed by atoms with van der Waals surface area (Å²) in [6.07, 6.45) is 45.0. The minimum Gasteiger partial charge on any atom is -0.366 e. The monoisotopic (exact) mass is 675 g/mol. The lowest BCUT2D eigenvalue weighted by molar-refractivity contribution is -0.0264. The van der Waals surface area contributed by atoms with Gasteiger partial charge in [-0.3, -0.25) is 0 Å². The lowest BCUT2D eigenvalue weighted by atomic mass is 9.98. The maximum atomic E-state index is 7.06. The summed E-state index contributed by atoms with van der Waals surface area (Å²) in [5.74, 6) is 0. The minimum absolute atomic E-state index is 0.185. The topological polar surface area (TPSA) is 9.23 Å². The third-order valence-corrected chi connectivity index (χ3v) is 10.8. The molecule has 0 heterocycles. The van der Waals surface area contributed by atoms with E-state index in [0.717, 1.165) is 12.8 Å². The van der Waals surface area contributed by atoms with Crippen LogP contribution >= 0.6 is 0 Å². The van der Waals surface area contributed by atoms with Crippen molar-refractivity contribution in [1.82, 2.24) is 0 Å². The van der Waals surface area contributed by atoms with Gasteiger partial charge in [-0.1, -0.05) is 267 Å². The molecule has 0 amide bonds. The molecule has 280 valence electrons. The highest BCUT2D eigenvalue weighted by Gasteiger charge is 2.20. The van der Waals surface area contributed by atoms with Crippen molar-refractivity contribution >= 4 is 0 Å². The summed E-state index contributed by atoms with van der Waals surface area (Å²) >= 11 is 0. The van der Waals surface area contributed by atoms with Gasteiger partial charge in [0.05, 0.1) is 12.2 Å². The molecule has 0 N–H and O–H groups in total. The van der Waals surface area contributed by atoms with Gasteiger partial charge in [0.2, 0.25) is 0 Å². The van der Waals surface area contributed by atoms with Gasteiger partial charge in [0.25, 0.3) is 0 Å². The highest BCUT2D eigenvalue weighted by molar-refractivity contribution is 5.20. The van der Waals surface area contributed by atoms with Crippen LogP contribution in [-0.4, -0.2) is 0 Å². The zero-order valence-corrected chi connectivity index (χ0v) is 33.0. The van der Waals surface area contributed by atoms with Crippen LogP contribution in [0.3, 0.4) is 0 Å². The van der Waals surface area contributed by atoms with Crippen LogP contribution in [0.15, 0.2) is 60.7 Å². The van der Waals surface area contributed by atoms with Gasteiger partial charge in [-0.15, -0.1) is 0 Å². The molecule has 2 atom stereocenters. The molecule has 2 aromatic carbocycles. The van der Waals surface area contributed by atoms with Crippen LogP contribution in [0.25, 0.3) is 0 Å². The van der Waals surface area contributed by atoms with Crippen molar-refractivity contribution in [1.29, 1.82) is 0 Å². The first-order chi connectivity index (χ1) is 24.3. The van der Waals surface area contributed by atoms with Gasteiger partial charge < -0.3 is 4.74 Å². The van der Waals surface area contributed by atoms with Crippen molar-refractivity contribution in [2.24, 2.45) is 0 Å². The molecule has 0 aliphatic carbocycles. The fraction of sp³-hybridized carbons (Fsp3) is 0.750. The normalized spacial score (nSPS) is 12.8. The second-order valence-electron chi connectivity index (χ2n) is 15.4. The fourth-order valence-electron chi connectivity index (χ4n) is 7.56. The van der Waals surface area contributed by atoms with E-state index in [1.165, 1.54) is 204 Å². The van der Waals surface area contributed by atoms with Crippen LogP contribution in [0.1, 0.15) is 243 Å². The van der Waals surface area contributed by atoms with E-state index in [-0.39, 0.29) is 12.2 Å². The van der Waals surface area contributed by atoms with Crippen molar-refractivity contribution in [3.63, 3.8) is 0 Å². The summed E-state index contributed by atoms with van der Waals surface area (Å²) in [5.41, 5.74) is 2.70. The number of ether oxygens (including phenoxy) is 1. The first kappa shape index (κ1) is 43.6. The predicted molar refractivity (Wildman–Crippen MR) is 219 cm³/mol. The third kappa shape index (κ3) is 25.1. The number of hydrogen-bond acceptors (Lipinski definition) is 1. The number of benzene rings is 2. The van der Waals surface area contributed by atoms with E-state index in [9.17, 15) is 0 Å². The first-order valence-corrected chi connectivity index (χ1v) is 22.1. The zero-order chi connectivity index (χ0) is 34.7. The maximum Gasteiger partial charge on any atom is 0.0833 e. The quantitative estimate of drug-likeness (QED) is 0.0654. The van der Waals surface area contributed by atoms with E-state index in [1.54, 1.807) is 0 Å². The molecule has 0 fully saturated rings. The van der Waals surface area contributed by atoms with E-state index in [2.05, 4.69) is 74.5 Å². The Bertz CT molecular complexity index is 832. The molecule has 0 aliphatic heterocycles. The smallest absolute Gasteiger partial charge is 0.0833 e. The van der Waals surface area contributed by atoms with Crippen molar-refractivity contribution in [2.45, 2.75) is 232 Å². The van der Waals surface area contributed by atoms with Gasteiger partial charge in [-0.05, 0) is 24.0 Å². The van der Waals surface area contributed by atoms with Crippen LogP contribution in [0.2, 0.25) is 0 Å². The third-order valence-electron chi connectivity index (χ3n) is 10.8. The molecule has 0 bridgehead atoms. The summed E-state index contributed by atoms with van der Waals surface area (Å²) in [5, 5.41) is 0. The molecule has 0 spiro atoms. The Morgan fingerprint density at radius 2 is 0.531 bits per heavy atom. The molecular formula is C48H82O. The molecule has 0 saturated heterocycles. The Morgan fingerprint density at radius 3 is 0.776 bits per heavy atom. The van der Waals surface area contributed by atoms with Crippen molar-refractivity contribution < 1.29 is 4.74 Å². The molecule has 49 heavy (non-hydrogen) atoms. The van der Waals surface area contributed by atoms with E-state index < -0.39 is 0 Å². The Balaban J connectivity index is 1.63. The Labute approximate surface area is 307 Å². The molecule has 0 aliphatic rings. The second-order valence-corrected chi connectivity index (χ2v) is 15.4. The van der Waals surface area contributed by atoms with Crippen LogP contribution in [-0.2, 0) is 4.74 Å². The van der Waals surface area contributed by atoms with Crippen LogP contribution in [0, 0.1) is 0 Å². The largest absolute Gasteiger partial charge is 0.366 e. The van der Waals surface area contributed by atoms with Crippen molar-refractivity contribution in [2.75, 3.05) is 0 Å². The van der Waals surface area contributed by atoms with Gasteiger partial charge in [-0.25, -0.2) is 0 Å². The summed E-state index contributed by atoms with van der Waals surface area (Å²) in [4.78, 5) is 0. The molecular weight excluding hydrogens is 593 g/mol. The highest BCUT2D eigenvalue weighted by Crippen LogP contribution is 2.34. The predicted octanol–water partition coefficient (Wildman–Crippen LogP) is 17.0. The molecule has 0 saturated carbocycles. The Kier molecular flexibility index (Phi) is 29.8. The Hall–Kier alpha value is -1.60. The number of rotatable bonds is 36. The van der Waals surface area contributed by atoms with Gasteiger partial charge in [0.15, 0.2) is 0 Å². The average Bonchev–Trinajstić information content (AvgIpc) is 3.14. The lowest BCUT2D eigenvalue weighted by Crippen LogP contribution is -2.11. The molecule has 0 aromatic heterocycles. The second kappa shape index (κ2) is 33.5. The van der Waals surface area contributed by atoms with Crippen LogP contribution < -0.4 is 0 Å². The SMILES string of the molecule is CCCCCCCCCCCCCCCCCC(OC(CCCCCCCCCCCCCCCCC)c1ccccc1)c1ccccc1. The zero-order valence-electron chi connectivity index (χ0n) is 33.0. The Morgan fingerprint density at radius 1 is 0.306 bits per heavy atom. The maximum absolute atomic E-state index is 7.06. The van der Waals surface area contributed by atoms with E-state index in [0.29, 0.717) is 0 Å². The first-order valence-electron chi connectivity index (χ1n) is 22.1.